The molecule has 2 aromatic carbocycles. The number of anilines is 1. The normalized spacial score (nSPS) is 19.9. The van der Waals surface area contributed by atoms with Crippen LogP contribution in [0.1, 0.15) is 47.6 Å². The molecule has 11 heteroatoms. The van der Waals surface area contributed by atoms with Crippen molar-refractivity contribution in [2.24, 2.45) is 5.92 Å². The number of benzene rings is 2. The van der Waals surface area contributed by atoms with Gasteiger partial charge in [0.1, 0.15) is 0 Å². The Labute approximate surface area is 196 Å². The number of aliphatic hydroxyl groups is 1. The van der Waals surface area contributed by atoms with Crippen molar-refractivity contribution in [3.63, 3.8) is 0 Å². The first-order chi connectivity index (χ1) is 15.8. The van der Waals surface area contributed by atoms with Crippen molar-refractivity contribution in [1.29, 1.82) is 0 Å². The van der Waals surface area contributed by atoms with E-state index in [9.17, 15) is 36.2 Å². The summed E-state index contributed by atoms with van der Waals surface area (Å²) in [6.45, 7) is -1.13. The third kappa shape index (κ3) is 4.98. The zero-order valence-electron chi connectivity index (χ0n) is 17.7. The van der Waals surface area contributed by atoms with Gasteiger partial charge in [-0.3, -0.25) is 4.79 Å². The SMILES string of the molecule is O=C(N[C@@H]1CCc2cc(NC[C@@](O)(c3cc(Cl)cc(C(F)(F)F)c3)C(F)(F)F)ccc21)C1CC1. The van der Waals surface area contributed by atoms with E-state index in [1.165, 1.54) is 6.07 Å². The maximum atomic E-state index is 13.9. The molecule has 184 valence electrons. The highest BCUT2D eigenvalue weighted by molar-refractivity contribution is 6.30. The lowest BCUT2D eigenvalue weighted by atomic mass is 9.91. The van der Waals surface area contributed by atoms with Gasteiger partial charge in [0.15, 0.2) is 0 Å². The molecule has 0 bridgehead atoms. The Morgan fingerprint density at radius 1 is 1.00 bits per heavy atom. The van der Waals surface area contributed by atoms with Gasteiger partial charge in [0, 0.05) is 16.6 Å². The molecule has 2 atom stereocenters. The van der Waals surface area contributed by atoms with E-state index in [0.29, 0.717) is 25.0 Å². The summed E-state index contributed by atoms with van der Waals surface area (Å²) < 4.78 is 80.9. The Kier molecular flexibility index (Phi) is 6.27. The summed E-state index contributed by atoms with van der Waals surface area (Å²) in [6, 6.07) is 6.06. The Morgan fingerprint density at radius 3 is 2.29 bits per heavy atom. The summed E-state index contributed by atoms with van der Waals surface area (Å²) in [5.74, 6) is 0.0458. The molecule has 3 N–H and O–H groups in total. The number of hydrogen-bond donors (Lipinski definition) is 3. The van der Waals surface area contributed by atoms with Crippen LogP contribution < -0.4 is 10.6 Å². The predicted molar refractivity (Wildman–Crippen MR) is 113 cm³/mol. The maximum absolute atomic E-state index is 13.9. The zero-order valence-corrected chi connectivity index (χ0v) is 18.4. The van der Waals surface area contributed by atoms with Crippen molar-refractivity contribution in [3.8, 4) is 0 Å². The van der Waals surface area contributed by atoms with Gasteiger partial charge in [-0.05, 0) is 72.7 Å². The van der Waals surface area contributed by atoms with Crippen molar-refractivity contribution in [3.05, 3.63) is 63.7 Å². The number of amides is 1. The minimum atomic E-state index is -5.29. The Hall–Kier alpha value is -2.46. The van der Waals surface area contributed by atoms with Crippen molar-refractivity contribution >= 4 is 23.2 Å². The molecule has 0 radical (unpaired) electrons. The van der Waals surface area contributed by atoms with Gasteiger partial charge in [-0.15, -0.1) is 0 Å². The summed E-state index contributed by atoms with van der Waals surface area (Å²) in [4.78, 5) is 12.1. The average Bonchev–Trinajstić information content (AvgIpc) is 3.52. The second-order valence-electron chi connectivity index (χ2n) is 8.73. The molecule has 34 heavy (non-hydrogen) atoms. The molecule has 0 spiro atoms. The van der Waals surface area contributed by atoms with Crippen LogP contribution >= 0.6 is 11.6 Å². The van der Waals surface area contributed by atoms with E-state index in [-0.39, 0.29) is 29.6 Å². The highest BCUT2D eigenvalue weighted by Crippen LogP contribution is 2.43. The van der Waals surface area contributed by atoms with Gasteiger partial charge in [-0.25, -0.2) is 0 Å². The minimum absolute atomic E-state index is 0.00459. The Balaban J connectivity index is 1.55. The molecular formula is C23H21ClF6N2O2. The Morgan fingerprint density at radius 2 is 1.68 bits per heavy atom. The standard InChI is InChI=1S/C23H21ClF6N2O2/c24-16-9-14(8-15(10-16)22(25,26)27)21(34,23(28,29)30)11-31-17-4-5-18-13(7-17)3-6-19(18)32-20(33)12-1-2-12/h4-5,7-10,12,19,31,34H,1-3,6,11H2,(H,32,33)/t19-,21-/m1/s1. The van der Waals surface area contributed by atoms with Crippen molar-refractivity contribution in [1.82, 2.24) is 5.32 Å². The minimum Gasteiger partial charge on any atom is -0.381 e. The van der Waals surface area contributed by atoms with E-state index in [4.69, 9.17) is 11.6 Å². The third-order valence-corrected chi connectivity index (χ3v) is 6.42. The largest absolute Gasteiger partial charge is 0.423 e. The highest BCUT2D eigenvalue weighted by Gasteiger charge is 2.55. The lowest BCUT2D eigenvalue weighted by Crippen LogP contribution is -2.48. The molecule has 1 saturated carbocycles. The van der Waals surface area contributed by atoms with Crippen molar-refractivity contribution in [2.75, 3.05) is 11.9 Å². The molecule has 0 saturated heterocycles. The van der Waals surface area contributed by atoms with Crippen LogP contribution in [0.3, 0.4) is 0 Å². The van der Waals surface area contributed by atoms with Crippen LogP contribution in [0.15, 0.2) is 36.4 Å². The van der Waals surface area contributed by atoms with E-state index in [1.807, 2.05) is 0 Å². The van der Waals surface area contributed by atoms with E-state index < -0.39 is 40.6 Å². The number of halogens is 7. The van der Waals surface area contributed by atoms with Crippen LogP contribution in [-0.2, 0) is 23.0 Å². The van der Waals surface area contributed by atoms with E-state index in [0.717, 1.165) is 24.0 Å². The third-order valence-electron chi connectivity index (χ3n) is 6.21. The number of hydrogen-bond acceptors (Lipinski definition) is 3. The van der Waals surface area contributed by atoms with Gasteiger partial charge in [-0.1, -0.05) is 17.7 Å². The highest BCUT2D eigenvalue weighted by atomic mass is 35.5. The summed E-state index contributed by atoms with van der Waals surface area (Å²) in [7, 11) is 0. The van der Waals surface area contributed by atoms with Crippen LogP contribution in [0.25, 0.3) is 0 Å². The van der Waals surface area contributed by atoms with Crippen LogP contribution in [-0.4, -0.2) is 23.7 Å². The molecule has 4 nitrogen and oxygen atoms in total. The molecule has 1 fully saturated rings. The van der Waals surface area contributed by atoms with Gasteiger partial charge < -0.3 is 15.7 Å². The average molecular weight is 507 g/mol. The molecule has 0 unspecified atom stereocenters. The summed E-state index contributed by atoms with van der Waals surface area (Å²) in [5, 5.41) is 15.4. The van der Waals surface area contributed by atoms with Crippen LogP contribution in [0.5, 0.6) is 0 Å². The van der Waals surface area contributed by atoms with Gasteiger partial charge in [-0.2, -0.15) is 26.3 Å². The molecular weight excluding hydrogens is 486 g/mol. The molecule has 2 aliphatic rings. The smallest absolute Gasteiger partial charge is 0.381 e. The summed E-state index contributed by atoms with van der Waals surface area (Å²) >= 11 is 5.64. The first-order valence-corrected chi connectivity index (χ1v) is 11.0. The zero-order chi connectivity index (χ0) is 24.9. The van der Waals surface area contributed by atoms with E-state index in [2.05, 4.69) is 10.6 Å². The fraction of sp³-hybridized carbons (Fsp3) is 0.435. The molecule has 2 aromatic rings. The first kappa shape index (κ1) is 24.7. The molecule has 0 aromatic heterocycles. The van der Waals surface area contributed by atoms with E-state index >= 15 is 0 Å². The number of carbonyl (C=O) groups is 1. The van der Waals surface area contributed by atoms with Crippen molar-refractivity contribution < 1.29 is 36.2 Å². The number of fused-ring (bicyclic) bond motifs is 1. The molecule has 0 heterocycles. The molecule has 0 aliphatic heterocycles. The summed E-state index contributed by atoms with van der Waals surface area (Å²) in [5.41, 5.74) is -4.07. The van der Waals surface area contributed by atoms with E-state index in [1.54, 1.807) is 12.1 Å². The van der Waals surface area contributed by atoms with Crippen LogP contribution in [0.2, 0.25) is 5.02 Å². The van der Waals surface area contributed by atoms with Gasteiger partial charge in [0.25, 0.3) is 0 Å². The number of rotatable bonds is 6. The quantitative estimate of drug-likeness (QED) is 0.438. The maximum Gasteiger partial charge on any atom is 0.423 e. The second kappa shape index (κ2) is 8.64. The van der Waals surface area contributed by atoms with Crippen LogP contribution in [0.4, 0.5) is 32.0 Å². The van der Waals surface area contributed by atoms with Gasteiger partial charge in [0.2, 0.25) is 11.5 Å². The summed E-state index contributed by atoms with van der Waals surface area (Å²) in [6.07, 6.45) is -7.23. The Bertz CT molecular complexity index is 1100. The molecule has 1 amide bonds. The fourth-order valence-electron chi connectivity index (χ4n) is 4.10. The van der Waals surface area contributed by atoms with Crippen LogP contribution in [0, 0.1) is 5.92 Å². The van der Waals surface area contributed by atoms with Gasteiger partial charge in [0.05, 0.1) is 18.2 Å². The second-order valence-corrected chi connectivity index (χ2v) is 9.16. The van der Waals surface area contributed by atoms with Crippen molar-refractivity contribution in [2.45, 2.75) is 49.7 Å². The number of alkyl halides is 6. The monoisotopic (exact) mass is 506 g/mol. The first-order valence-electron chi connectivity index (χ1n) is 10.6. The predicted octanol–water partition coefficient (Wildman–Crippen LogP) is 5.73. The topological polar surface area (TPSA) is 61.4 Å². The number of aryl methyl sites for hydroxylation is 1. The number of nitrogens with one attached hydrogen (secondary N) is 2. The lowest BCUT2D eigenvalue weighted by Gasteiger charge is -2.32. The fourth-order valence-corrected chi connectivity index (χ4v) is 4.34. The van der Waals surface area contributed by atoms with Gasteiger partial charge >= 0.3 is 12.4 Å². The molecule has 2 aliphatic carbocycles. The number of carbonyl (C=O) groups excluding carboxylic acids is 1. The molecule has 4 rings (SSSR count). The lowest BCUT2D eigenvalue weighted by molar-refractivity contribution is -0.260.